The van der Waals surface area contributed by atoms with Crippen LogP contribution in [0.2, 0.25) is 0 Å². The molecule has 0 spiro atoms. The van der Waals surface area contributed by atoms with Crippen molar-refractivity contribution in [3.8, 4) is 11.5 Å². The van der Waals surface area contributed by atoms with Gasteiger partial charge >= 0.3 is 0 Å². The van der Waals surface area contributed by atoms with Crippen LogP contribution in [0.25, 0.3) is 0 Å². The molecule has 2 aliphatic heterocycles. The number of nitrogens with zero attached hydrogens (tertiary/aromatic N) is 2. The Kier molecular flexibility index (Phi) is 9.28. The van der Waals surface area contributed by atoms with E-state index in [0.29, 0.717) is 34.0 Å². The number of aliphatic hydroxyl groups excluding tert-OH is 2. The largest absolute Gasteiger partial charge is 0.457 e. The Hall–Kier alpha value is -4.86. The second-order valence-electron chi connectivity index (χ2n) is 11.6. The molecule has 4 aromatic rings. The number of piperidine rings is 2. The summed E-state index contributed by atoms with van der Waals surface area (Å²) in [5.74, 6) is 0.842. The zero-order chi connectivity index (χ0) is 31.2. The lowest BCUT2D eigenvalue weighted by atomic mass is 10.1. The Balaban J connectivity index is 0.976. The van der Waals surface area contributed by atoms with Gasteiger partial charge < -0.3 is 35.4 Å². The van der Waals surface area contributed by atoms with Gasteiger partial charge in [-0.15, -0.1) is 0 Å². The number of hydrogen-bond acceptors (Lipinski definition) is 7. The lowest BCUT2D eigenvalue weighted by Gasteiger charge is -2.31. The smallest absolute Gasteiger partial charge is 0.255 e. The third-order valence-electron chi connectivity index (χ3n) is 8.38. The zero-order valence-electron chi connectivity index (χ0n) is 25.1. The van der Waals surface area contributed by atoms with Crippen LogP contribution in [0.3, 0.4) is 0 Å². The van der Waals surface area contributed by atoms with Gasteiger partial charge in [0.25, 0.3) is 11.8 Å². The van der Waals surface area contributed by atoms with Crippen molar-refractivity contribution in [2.75, 3.05) is 46.6 Å². The predicted molar refractivity (Wildman–Crippen MR) is 177 cm³/mol. The van der Waals surface area contributed by atoms with Crippen LogP contribution in [0, 0.1) is 0 Å². The third-order valence-corrected chi connectivity index (χ3v) is 8.38. The number of anilines is 4. The van der Waals surface area contributed by atoms with E-state index >= 15 is 0 Å². The molecular weight excluding hydrogens is 568 g/mol. The van der Waals surface area contributed by atoms with Crippen LogP contribution in [0.5, 0.6) is 11.5 Å². The van der Waals surface area contributed by atoms with Gasteiger partial charge in [0.1, 0.15) is 11.5 Å². The number of benzene rings is 4. The highest BCUT2D eigenvalue weighted by atomic mass is 16.5. The maximum atomic E-state index is 12.8. The molecule has 2 saturated heterocycles. The summed E-state index contributed by atoms with van der Waals surface area (Å²) in [5, 5.41) is 25.3. The van der Waals surface area contributed by atoms with Gasteiger partial charge in [-0.3, -0.25) is 9.59 Å². The summed E-state index contributed by atoms with van der Waals surface area (Å²) >= 11 is 0. The van der Waals surface area contributed by atoms with Gasteiger partial charge in [-0.2, -0.15) is 0 Å². The fourth-order valence-electron chi connectivity index (χ4n) is 5.65. The highest BCUT2D eigenvalue weighted by molar-refractivity contribution is 6.05. The van der Waals surface area contributed by atoms with Crippen LogP contribution < -0.4 is 25.2 Å². The Labute approximate surface area is 263 Å². The molecule has 9 nitrogen and oxygen atoms in total. The summed E-state index contributed by atoms with van der Waals surface area (Å²) in [4.78, 5) is 30.0. The van der Waals surface area contributed by atoms with Crippen LogP contribution in [-0.4, -0.2) is 60.4 Å². The SMILES string of the molecule is O=C(Nc1ccc(Oc2ccc(NC(=O)c3ccc(N4CCC(O)CC4)cc3)cc2)cc1)c1ccc(N2CCC(O)CC2)cc1. The van der Waals surface area contributed by atoms with E-state index in [4.69, 9.17) is 4.74 Å². The normalized spacial score (nSPS) is 15.9. The molecule has 2 amide bonds. The summed E-state index contributed by atoms with van der Waals surface area (Å²) in [7, 11) is 0. The number of nitrogens with one attached hydrogen (secondary N) is 2. The molecule has 2 aliphatic rings. The molecule has 2 fully saturated rings. The number of carbonyl (C=O) groups excluding carboxylic acids is 2. The first-order valence-electron chi connectivity index (χ1n) is 15.5. The molecule has 45 heavy (non-hydrogen) atoms. The molecular formula is C36H38N4O5. The molecule has 6 rings (SSSR count). The molecule has 0 bridgehead atoms. The second kappa shape index (κ2) is 13.8. The maximum absolute atomic E-state index is 12.8. The van der Waals surface area contributed by atoms with Gasteiger partial charge in [0.2, 0.25) is 0 Å². The molecule has 0 aromatic heterocycles. The Morgan fingerprint density at radius 2 is 0.867 bits per heavy atom. The van der Waals surface area contributed by atoms with Crippen molar-refractivity contribution in [1.82, 2.24) is 0 Å². The standard InChI is InChI=1S/C36H38N4O5/c41-31-17-21-39(22-18-31)29-9-1-25(2-10-29)35(43)37-27-5-13-33(14-6-27)45-34-15-7-28(8-16-34)38-36(44)26-3-11-30(12-4-26)40-23-19-32(42)20-24-40/h1-16,31-32,41-42H,17-24H2,(H,37,43)(H,38,44). The van der Waals surface area contributed by atoms with Crippen molar-refractivity contribution >= 4 is 34.6 Å². The quantitative estimate of drug-likeness (QED) is 0.197. The lowest BCUT2D eigenvalue weighted by molar-refractivity contribution is 0.101. The molecule has 4 aromatic carbocycles. The van der Waals surface area contributed by atoms with E-state index in [-0.39, 0.29) is 24.0 Å². The van der Waals surface area contributed by atoms with E-state index in [0.717, 1.165) is 63.2 Å². The summed E-state index contributed by atoms with van der Waals surface area (Å²) < 4.78 is 5.96. The van der Waals surface area contributed by atoms with Crippen molar-refractivity contribution in [2.24, 2.45) is 0 Å². The maximum Gasteiger partial charge on any atom is 0.255 e. The molecule has 2 heterocycles. The lowest BCUT2D eigenvalue weighted by Crippen LogP contribution is -2.35. The highest BCUT2D eigenvalue weighted by Crippen LogP contribution is 2.26. The number of amides is 2. The molecule has 232 valence electrons. The minimum atomic E-state index is -0.221. The third kappa shape index (κ3) is 7.81. The van der Waals surface area contributed by atoms with Gasteiger partial charge in [0.15, 0.2) is 0 Å². The van der Waals surface area contributed by atoms with E-state index in [1.165, 1.54) is 0 Å². The van der Waals surface area contributed by atoms with Crippen LogP contribution in [0.15, 0.2) is 97.1 Å². The van der Waals surface area contributed by atoms with E-state index in [1.807, 2.05) is 48.5 Å². The fraction of sp³-hybridized carbons (Fsp3) is 0.278. The van der Waals surface area contributed by atoms with Gasteiger partial charge in [0, 0.05) is 60.1 Å². The van der Waals surface area contributed by atoms with Crippen molar-refractivity contribution in [1.29, 1.82) is 0 Å². The van der Waals surface area contributed by atoms with Crippen molar-refractivity contribution in [3.63, 3.8) is 0 Å². The van der Waals surface area contributed by atoms with Gasteiger partial charge in [-0.25, -0.2) is 0 Å². The Bertz CT molecular complexity index is 1450. The van der Waals surface area contributed by atoms with Crippen molar-refractivity contribution in [2.45, 2.75) is 37.9 Å². The Morgan fingerprint density at radius 3 is 1.20 bits per heavy atom. The predicted octanol–water partition coefficient (Wildman–Crippen LogP) is 5.91. The molecule has 0 aliphatic carbocycles. The highest BCUT2D eigenvalue weighted by Gasteiger charge is 2.19. The van der Waals surface area contributed by atoms with Gasteiger partial charge in [-0.1, -0.05) is 0 Å². The minimum Gasteiger partial charge on any atom is -0.457 e. The van der Waals surface area contributed by atoms with Gasteiger partial charge in [0.05, 0.1) is 12.2 Å². The number of carbonyl (C=O) groups is 2. The summed E-state index contributed by atoms with van der Waals surface area (Å²) in [6.07, 6.45) is 2.59. The van der Waals surface area contributed by atoms with Crippen LogP contribution in [-0.2, 0) is 0 Å². The minimum absolute atomic E-state index is 0.194. The average Bonchev–Trinajstić information content (AvgIpc) is 3.07. The van der Waals surface area contributed by atoms with E-state index in [1.54, 1.807) is 48.5 Å². The zero-order valence-corrected chi connectivity index (χ0v) is 25.1. The fourth-order valence-corrected chi connectivity index (χ4v) is 5.65. The van der Waals surface area contributed by atoms with E-state index in [2.05, 4.69) is 20.4 Å². The first kappa shape index (κ1) is 30.2. The van der Waals surface area contributed by atoms with Crippen LogP contribution in [0.1, 0.15) is 46.4 Å². The molecule has 0 saturated carbocycles. The van der Waals surface area contributed by atoms with Crippen molar-refractivity contribution in [3.05, 3.63) is 108 Å². The molecule has 9 heteroatoms. The summed E-state index contributed by atoms with van der Waals surface area (Å²) in [5.41, 5.74) is 4.55. The molecule has 0 radical (unpaired) electrons. The van der Waals surface area contributed by atoms with Gasteiger partial charge in [-0.05, 0) is 123 Å². The van der Waals surface area contributed by atoms with Crippen molar-refractivity contribution < 1.29 is 24.5 Å². The second-order valence-corrected chi connectivity index (χ2v) is 11.6. The topological polar surface area (TPSA) is 114 Å². The first-order valence-corrected chi connectivity index (χ1v) is 15.5. The number of hydrogen-bond donors (Lipinski definition) is 4. The van der Waals surface area contributed by atoms with E-state index < -0.39 is 0 Å². The molecule has 0 unspecified atom stereocenters. The Morgan fingerprint density at radius 1 is 0.533 bits per heavy atom. The summed E-state index contributed by atoms with van der Waals surface area (Å²) in [6, 6.07) is 29.3. The monoisotopic (exact) mass is 606 g/mol. The molecule has 0 atom stereocenters. The average molecular weight is 607 g/mol. The number of aliphatic hydroxyl groups is 2. The number of ether oxygens (including phenoxy) is 1. The number of rotatable bonds is 8. The summed E-state index contributed by atoms with van der Waals surface area (Å²) in [6.45, 7) is 3.24. The van der Waals surface area contributed by atoms with Crippen LogP contribution >= 0.6 is 0 Å². The molecule has 4 N–H and O–H groups in total. The van der Waals surface area contributed by atoms with Crippen LogP contribution in [0.4, 0.5) is 22.7 Å². The van der Waals surface area contributed by atoms with E-state index in [9.17, 15) is 19.8 Å². The first-order chi connectivity index (χ1) is 21.9.